The Labute approximate surface area is 185 Å². The highest BCUT2D eigenvalue weighted by atomic mass is 127. The van der Waals surface area contributed by atoms with Gasteiger partial charge in [-0.15, -0.1) is 34.2 Å². The van der Waals surface area contributed by atoms with Crippen LogP contribution in [0.4, 0.5) is 0 Å². The van der Waals surface area contributed by atoms with Crippen LogP contribution in [0.1, 0.15) is 49.8 Å². The van der Waals surface area contributed by atoms with Gasteiger partial charge in [-0.3, -0.25) is 0 Å². The van der Waals surface area contributed by atoms with E-state index in [9.17, 15) is 0 Å². The van der Waals surface area contributed by atoms with Crippen LogP contribution < -0.4 is 10.6 Å². The highest BCUT2D eigenvalue weighted by Crippen LogP contribution is 2.47. The lowest BCUT2D eigenvalue weighted by Crippen LogP contribution is -2.41. The summed E-state index contributed by atoms with van der Waals surface area (Å²) >= 11 is 0. The van der Waals surface area contributed by atoms with Crippen molar-refractivity contribution in [2.24, 2.45) is 17.5 Å². The number of aromatic nitrogens is 3. The Morgan fingerprint density at radius 2 is 1.93 bits per heavy atom. The standard InChI is InChI=1S/C21H32N6.HI/c1-4-5-13-22-20(23-15-19-26-25-17(2)27(19)3)24-16-21(11-12-21)14-18-9-7-6-8-10-18;/h6-10H,4-5,11-16H2,1-3H3,(H2,22,23,24);1H. The van der Waals surface area contributed by atoms with E-state index in [1.807, 2.05) is 18.5 Å². The van der Waals surface area contributed by atoms with Gasteiger partial charge in [-0.2, -0.15) is 0 Å². The molecule has 7 heteroatoms. The van der Waals surface area contributed by atoms with E-state index in [2.05, 4.69) is 58.1 Å². The number of aliphatic imine (C=N–C) groups is 1. The number of benzene rings is 1. The molecule has 0 radical (unpaired) electrons. The van der Waals surface area contributed by atoms with Crippen molar-refractivity contribution in [3.05, 3.63) is 47.5 Å². The second-order valence-electron chi connectivity index (χ2n) is 7.68. The highest BCUT2D eigenvalue weighted by Gasteiger charge is 2.42. The van der Waals surface area contributed by atoms with Crippen LogP contribution >= 0.6 is 24.0 Å². The number of unbranched alkanes of at least 4 members (excludes halogenated alkanes) is 1. The highest BCUT2D eigenvalue weighted by molar-refractivity contribution is 14.0. The summed E-state index contributed by atoms with van der Waals surface area (Å²) in [6, 6.07) is 10.8. The first-order valence-corrected chi connectivity index (χ1v) is 10.0. The fraction of sp³-hybridized carbons (Fsp3) is 0.571. The first-order valence-electron chi connectivity index (χ1n) is 10.0. The predicted molar refractivity (Wildman–Crippen MR) is 125 cm³/mol. The molecule has 154 valence electrons. The van der Waals surface area contributed by atoms with Gasteiger partial charge in [-0.1, -0.05) is 43.7 Å². The van der Waals surface area contributed by atoms with Gasteiger partial charge in [0.05, 0.1) is 0 Å². The van der Waals surface area contributed by atoms with E-state index in [-0.39, 0.29) is 24.0 Å². The molecule has 0 bridgehead atoms. The summed E-state index contributed by atoms with van der Waals surface area (Å²) < 4.78 is 1.99. The lowest BCUT2D eigenvalue weighted by Gasteiger charge is -2.19. The largest absolute Gasteiger partial charge is 0.356 e. The van der Waals surface area contributed by atoms with Gasteiger partial charge in [0.25, 0.3) is 0 Å². The van der Waals surface area contributed by atoms with Gasteiger partial charge >= 0.3 is 0 Å². The Morgan fingerprint density at radius 3 is 2.54 bits per heavy atom. The molecule has 1 aromatic heterocycles. The van der Waals surface area contributed by atoms with E-state index < -0.39 is 0 Å². The van der Waals surface area contributed by atoms with Crippen LogP contribution in [0.2, 0.25) is 0 Å². The third kappa shape index (κ3) is 6.46. The first-order chi connectivity index (χ1) is 13.1. The summed E-state index contributed by atoms with van der Waals surface area (Å²) in [6.45, 7) is 6.58. The molecule has 2 N–H and O–H groups in total. The zero-order valence-corrected chi connectivity index (χ0v) is 19.6. The SMILES string of the molecule is CCCCNC(=NCc1nnc(C)n1C)NCC1(Cc2ccccc2)CC1.I. The number of nitrogens with zero attached hydrogens (tertiary/aromatic N) is 4. The maximum absolute atomic E-state index is 4.75. The number of hydrogen-bond acceptors (Lipinski definition) is 3. The van der Waals surface area contributed by atoms with Gasteiger partial charge < -0.3 is 15.2 Å². The molecule has 1 heterocycles. The molecule has 1 aliphatic rings. The number of aryl methyl sites for hydroxylation is 1. The lowest BCUT2D eigenvalue weighted by molar-refractivity contribution is 0.491. The monoisotopic (exact) mass is 496 g/mol. The molecule has 28 heavy (non-hydrogen) atoms. The Morgan fingerprint density at radius 1 is 1.18 bits per heavy atom. The zero-order valence-electron chi connectivity index (χ0n) is 17.2. The van der Waals surface area contributed by atoms with Crippen molar-refractivity contribution in [3.63, 3.8) is 0 Å². The molecule has 2 aromatic rings. The minimum atomic E-state index is 0. The van der Waals surface area contributed by atoms with Crippen LogP contribution in [0, 0.1) is 12.3 Å². The fourth-order valence-corrected chi connectivity index (χ4v) is 3.19. The van der Waals surface area contributed by atoms with Crippen LogP contribution in [0.3, 0.4) is 0 Å². The predicted octanol–water partition coefficient (Wildman–Crippen LogP) is 3.60. The van der Waals surface area contributed by atoms with Gasteiger partial charge in [0, 0.05) is 20.1 Å². The number of halogens is 1. The second kappa shape index (κ2) is 10.8. The van der Waals surface area contributed by atoms with Crippen LogP contribution in [0.5, 0.6) is 0 Å². The molecule has 0 amide bonds. The molecule has 0 aliphatic heterocycles. The smallest absolute Gasteiger partial charge is 0.191 e. The Balaban J connectivity index is 0.00000280. The summed E-state index contributed by atoms with van der Waals surface area (Å²) in [5, 5.41) is 15.4. The number of rotatable bonds is 9. The Hall–Kier alpha value is -1.64. The summed E-state index contributed by atoms with van der Waals surface area (Å²) in [6.07, 6.45) is 5.99. The summed E-state index contributed by atoms with van der Waals surface area (Å²) in [5.74, 6) is 2.67. The van der Waals surface area contributed by atoms with Crippen molar-refractivity contribution in [1.82, 2.24) is 25.4 Å². The summed E-state index contributed by atoms with van der Waals surface area (Å²) in [5.41, 5.74) is 1.79. The zero-order chi connectivity index (χ0) is 19.1. The summed E-state index contributed by atoms with van der Waals surface area (Å²) in [4.78, 5) is 4.75. The fourth-order valence-electron chi connectivity index (χ4n) is 3.19. The van der Waals surface area contributed by atoms with Gasteiger partial charge in [-0.25, -0.2) is 4.99 Å². The Kier molecular flexibility index (Phi) is 8.72. The van der Waals surface area contributed by atoms with E-state index in [0.29, 0.717) is 12.0 Å². The molecular weight excluding hydrogens is 463 g/mol. The number of nitrogens with one attached hydrogen (secondary N) is 2. The maximum atomic E-state index is 4.75. The Bertz CT molecular complexity index is 752. The van der Waals surface area contributed by atoms with E-state index in [4.69, 9.17) is 4.99 Å². The normalized spacial score (nSPS) is 15.0. The molecule has 0 unspecified atom stereocenters. The molecule has 0 spiro atoms. The van der Waals surface area contributed by atoms with Crippen molar-refractivity contribution in [2.75, 3.05) is 13.1 Å². The van der Waals surface area contributed by atoms with Gasteiger partial charge in [0.1, 0.15) is 12.4 Å². The molecule has 1 aromatic carbocycles. The van der Waals surface area contributed by atoms with E-state index >= 15 is 0 Å². The number of hydrogen-bond donors (Lipinski definition) is 2. The third-order valence-electron chi connectivity index (χ3n) is 5.39. The van der Waals surface area contributed by atoms with Crippen molar-refractivity contribution >= 4 is 29.9 Å². The minimum absolute atomic E-state index is 0. The molecule has 6 nitrogen and oxygen atoms in total. The van der Waals surface area contributed by atoms with Gasteiger partial charge in [-0.05, 0) is 43.6 Å². The van der Waals surface area contributed by atoms with E-state index in [1.54, 1.807) is 0 Å². The van der Waals surface area contributed by atoms with Crippen LogP contribution in [-0.4, -0.2) is 33.8 Å². The average molecular weight is 496 g/mol. The average Bonchev–Trinajstić information content (AvgIpc) is 3.37. The maximum Gasteiger partial charge on any atom is 0.191 e. The molecule has 0 saturated heterocycles. The van der Waals surface area contributed by atoms with Crippen LogP contribution in [0.15, 0.2) is 35.3 Å². The van der Waals surface area contributed by atoms with Crippen LogP contribution in [-0.2, 0) is 20.0 Å². The van der Waals surface area contributed by atoms with Crippen molar-refractivity contribution in [1.29, 1.82) is 0 Å². The molecule has 1 fully saturated rings. The van der Waals surface area contributed by atoms with Gasteiger partial charge in [0.2, 0.25) is 0 Å². The molecule has 3 rings (SSSR count). The molecule has 1 aliphatic carbocycles. The topological polar surface area (TPSA) is 67.1 Å². The van der Waals surface area contributed by atoms with Gasteiger partial charge in [0.15, 0.2) is 11.8 Å². The number of guanidine groups is 1. The van der Waals surface area contributed by atoms with Crippen molar-refractivity contribution < 1.29 is 0 Å². The molecular formula is C21H33IN6. The molecule has 0 atom stereocenters. The quantitative estimate of drug-likeness (QED) is 0.241. The second-order valence-corrected chi connectivity index (χ2v) is 7.68. The van der Waals surface area contributed by atoms with Crippen LogP contribution in [0.25, 0.3) is 0 Å². The van der Waals surface area contributed by atoms with Crippen molar-refractivity contribution in [3.8, 4) is 0 Å². The van der Waals surface area contributed by atoms with E-state index in [1.165, 1.54) is 24.8 Å². The summed E-state index contributed by atoms with van der Waals surface area (Å²) in [7, 11) is 1.98. The third-order valence-corrected chi connectivity index (χ3v) is 5.39. The van der Waals surface area contributed by atoms with Crippen molar-refractivity contribution in [2.45, 2.75) is 52.5 Å². The van der Waals surface area contributed by atoms with E-state index in [0.717, 1.165) is 43.5 Å². The minimum Gasteiger partial charge on any atom is -0.356 e. The molecule has 1 saturated carbocycles. The first kappa shape index (κ1) is 22.6. The lowest BCUT2D eigenvalue weighted by atomic mass is 9.96.